The van der Waals surface area contributed by atoms with Crippen LogP contribution in [0.1, 0.15) is 175 Å². The SMILES string of the molecule is CCCCCCO[N+](OCCCCCC)(c1ccccc1)c1ccc(CCCN2C(=O)c3ccc4c5cccc6cccc(c65)c5c6c(=O)n(CCCc7ccc([N+](OCCCCCC)(OCCCCCC)c8ccccc8)cc7)c(=O)c6c(c3c45)C2=O)cc1. The molecule has 10 aromatic rings. The van der Waals surface area contributed by atoms with Gasteiger partial charge in [-0.05, 0) is 101 Å². The van der Waals surface area contributed by atoms with E-state index in [9.17, 15) is 4.79 Å². The van der Waals surface area contributed by atoms with E-state index in [1.165, 1.54) is 9.47 Å². The minimum absolute atomic E-state index is 0.0827. The van der Waals surface area contributed by atoms with E-state index in [0.29, 0.717) is 73.8 Å². The second kappa shape index (κ2) is 30.0. The number of aryl methyl sites for hydroxylation is 2. The van der Waals surface area contributed by atoms with E-state index in [1.54, 1.807) is 0 Å². The van der Waals surface area contributed by atoms with Gasteiger partial charge in [0.1, 0.15) is 26.4 Å². The van der Waals surface area contributed by atoms with Gasteiger partial charge in [-0.1, -0.05) is 208 Å². The van der Waals surface area contributed by atoms with Gasteiger partial charge in [-0.25, -0.2) is 0 Å². The largest absolute Gasteiger partial charge is 0.274 e. The number of carbonyl (C=O) groups excluding carboxylic acids is 2. The third kappa shape index (κ3) is 13.0. The van der Waals surface area contributed by atoms with Gasteiger partial charge in [0, 0.05) is 87.6 Å². The molecule has 0 spiro atoms. The number of amides is 2. The second-order valence-corrected chi connectivity index (χ2v) is 24.5. The summed E-state index contributed by atoms with van der Waals surface area (Å²) in [6.45, 7) is 11.2. The van der Waals surface area contributed by atoms with Crippen LogP contribution in [0.25, 0.3) is 53.9 Å². The van der Waals surface area contributed by atoms with Gasteiger partial charge in [0.05, 0.1) is 16.3 Å². The Hall–Kier alpha value is -7.68. The maximum absolute atomic E-state index is 15.5. The van der Waals surface area contributed by atoms with Gasteiger partial charge in [0.15, 0.2) is 0 Å². The van der Waals surface area contributed by atoms with Gasteiger partial charge in [-0.15, -0.1) is 0 Å². The smallest absolute Gasteiger partial charge is 0.262 e. The molecule has 1 aromatic heterocycles. The van der Waals surface area contributed by atoms with Crippen LogP contribution in [0.4, 0.5) is 22.7 Å². The van der Waals surface area contributed by atoms with Crippen molar-refractivity contribution in [3.63, 3.8) is 0 Å². The summed E-state index contributed by atoms with van der Waals surface area (Å²) in [6, 6.07) is 52.8. The van der Waals surface area contributed by atoms with Crippen molar-refractivity contribution in [2.75, 3.05) is 33.0 Å². The van der Waals surface area contributed by atoms with Crippen LogP contribution in [-0.4, -0.2) is 54.3 Å². The Bertz CT molecular complexity index is 4100. The first-order chi connectivity index (χ1) is 44.2. The Morgan fingerprint density at radius 2 is 0.756 bits per heavy atom. The lowest BCUT2D eigenvalue weighted by Crippen LogP contribution is -2.44. The van der Waals surface area contributed by atoms with Crippen molar-refractivity contribution in [2.24, 2.45) is 0 Å². The summed E-state index contributed by atoms with van der Waals surface area (Å²) in [6.07, 6.45) is 19.2. The van der Waals surface area contributed by atoms with Crippen LogP contribution in [0.15, 0.2) is 167 Å². The fourth-order valence-corrected chi connectivity index (χ4v) is 13.6. The van der Waals surface area contributed by atoms with Gasteiger partial charge in [0.25, 0.3) is 22.9 Å². The predicted octanol–water partition coefficient (Wildman–Crippen LogP) is 19.0. The van der Waals surface area contributed by atoms with Crippen molar-refractivity contribution >= 4 is 88.4 Å². The van der Waals surface area contributed by atoms with E-state index in [0.717, 1.165) is 164 Å². The number of aromatic nitrogens is 1. The van der Waals surface area contributed by atoms with Gasteiger partial charge >= 0.3 is 0 Å². The zero-order chi connectivity index (χ0) is 62.5. The van der Waals surface area contributed by atoms with E-state index in [4.69, 9.17) is 19.4 Å². The van der Waals surface area contributed by atoms with Crippen LogP contribution in [-0.2, 0) is 38.7 Å². The molecule has 0 saturated carbocycles. The Morgan fingerprint density at radius 1 is 0.333 bits per heavy atom. The van der Waals surface area contributed by atoms with Crippen molar-refractivity contribution in [3.05, 3.63) is 201 Å². The molecule has 2 heterocycles. The quantitative estimate of drug-likeness (QED) is 0.00953. The van der Waals surface area contributed by atoms with Gasteiger partial charge in [-0.2, -0.15) is 19.4 Å². The molecule has 0 saturated heterocycles. The van der Waals surface area contributed by atoms with Crippen LogP contribution in [0.2, 0.25) is 0 Å². The number of quaternary nitrogens is 2. The molecular weight excluding hydrogens is 1120 g/mol. The molecule has 90 heavy (non-hydrogen) atoms. The monoisotopic (exact) mass is 1210 g/mol. The Balaban J connectivity index is 0.891. The zero-order valence-electron chi connectivity index (χ0n) is 53.5. The Labute approximate surface area is 530 Å². The lowest BCUT2D eigenvalue weighted by atomic mass is 9.82. The van der Waals surface area contributed by atoms with Crippen molar-refractivity contribution in [3.8, 4) is 0 Å². The van der Waals surface area contributed by atoms with Gasteiger partial charge in [0.2, 0.25) is 22.7 Å². The third-order valence-corrected chi connectivity index (χ3v) is 18.3. The highest BCUT2D eigenvalue weighted by Gasteiger charge is 2.42. The van der Waals surface area contributed by atoms with Crippen molar-refractivity contribution in [2.45, 2.75) is 163 Å². The van der Waals surface area contributed by atoms with Crippen molar-refractivity contribution < 1.29 is 28.9 Å². The minimum atomic E-state index is -0.556. The molecule has 0 bridgehead atoms. The average molecular weight is 1210 g/mol. The average Bonchev–Trinajstić information content (AvgIpc) is 1.23. The summed E-state index contributed by atoms with van der Waals surface area (Å²) in [4.78, 5) is 89.4. The maximum atomic E-state index is 15.5. The molecule has 11 rings (SSSR count). The second-order valence-electron chi connectivity index (χ2n) is 24.5. The molecule has 12 nitrogen and oxygen atoms in total. The number of fused-ring (bicyclic) bond motifs is 5. The number of nitrogens with zero attached hydrogens (tertiary/aromatic N) is 4. The summed E-state index contributed by atoms with van der Waals surface area (Å²) >= 11 is 0. The topological polar surface area (TPSA) is 113 Å². The normalized spacial score (nSPS) is 13.0. The molecule has 0 fully saturated rings. The highest BCUT2D eigenvalue weighted by molar-refractivity contribution is 6.44. The number of benzene rings is 9. The number of rotatable bonds is 36. The molecule has 0 radical (unpaired) electrons. The predicted molar refractivity (Wildman–Crippen MR) is 368 cm³/mol. The van der Waals surface area contributed by atoms with Crippen LogP contribution in [0, 0.1) is 0 Å². The van der Waals surface area contributed by atoms with Gasteiger partial charge in [-0.3, -0.25) is 28.6 Å². The first-order valence-electron chi connectivity index (χ1n) is 33.8. The summed E-state index contributed by atoms with van der Waals surface area (Å²) in [7, 11) is 0. The zero-order valence-corrected chi connectivity index (χ0v) is 53.5. The fraction of sp³-hybridized carbons (Fsp3) is 0.385. The molecule has 1 aliphatic heterocycles. The highest BCUT2D eigenvalue weighted by Crippen LogP contribution is 2.47. The standard InChI is InChI=1S/C78H90N4O8/c1-5-9-13-23-53-87-81(60-35-19-17-20-36-60,88-54-24-14-10-6-2)62-45-41-57(42-46-62)31-29-51-79-75(83)67-50-49-65-64-39-27-33-59-34-28-40-66(68(59)64)70-69(65)71(67)73(76(79)84)74-72(70)77(85)80(78(74)86)52-30-32-58-43-47-63(48-44-58)82(61-37-21-18-22-38-61,89-55-25-15-11-7-3)90-56-26-16-12-8-4/h17-22,27-28,33-50H,5-16,23-26,29-32,51-56H2,1-4H3/q+2. The third-order valence-electron chi connectivity index (χ3n) is 18.3. The summed E-state index contributed by atoms with van der Waals surface area (Å²) in [5.74, 6) is -0.967. The summed E-state index contributed by atoms with van der Waals surface area (Å²) in [5, 5.41) is 6.58. The molecule has 0 unspecified atom stereocenters. The molecule has 468 valence electrons. The van der Waals surface area contributed by atoms with E-state index in [-0.39, 0.29) is 39.0 Å². The van der Waals surface area contributed by atoms with Crippen LogP contribution >= 0.6 is 0 Å². The van der Waals surface area contributed by atoms with Gasteiger partial charge < -0.3 is 0 Å². The molecule has 0 N–H and O–H groups in total. The Morgan fingerprint density at radius 3 is 1.23 bits per heavy atom. The lowest BCUT2D eigenvalue weighted by Gasteiger charge is -2.31. The number of unbranched alkanes of at least 4 members (excludes halogenated alkanes) is 12. The highest BCUT2D eigenvalue weighted by atomic mass is 17.0. The lowest BCUT2D eigenvalue weighted by molar-refractivity contribution is -0.316. The van der Waals surface area contributed by atoms with Crippen LogP contribution < -0.4 is 20.7 Å². The van der Waals surface area contributed by atoms with E-state index in [1.807, 2.05) is 66.7 Å². The Kier molecular flexibility index (Phi) is 21.3. The minimum Gasteiger partial charge on any atom is -0.274 e. The molecular formula is C78H90N4O8+2. The summed E-state index contributed by atoms with van der Waals surface area (Å²) in [5.41, 5.74) is 5.07. The number of imide groups is 1. The molecule has 9 aromatic carbocycles. The molecule has 1 aliphatic rings. The number of para-hydroxylation sites is 2. The fourth-order valence-electron chi connectivity index (χ4n) is 13.6. The van der Waals surface area contributed by atoms with E-state index >= 15 is 14.4 Å². The maximum Gasteiger partial charge on any atom is 0.262 e. The van der Waals surface area contributed by atoms with E-state index < -0.39 is 22.9 Å². The summed E-state index contributed by atoms with van der Waals surface area (Å²) < 4.78 is 1.33. The van der Waals surface area contributed by atoms with E-state index in [2.05, 4.69) is 119 Å². The van der Waals surface area contributed by atoms with Crippen LogP contribution in [0.5, 0.6) is 0 Å². The van der Waals surface area contributed by atoms with Crippen molar-refractivity contribution in [1.82, 2.24) is 19.1 Å². The first-order valence-corrected chi connectivity index (χ1v) is 33.8. The van der Waals surface area contributed by atoms with Crippen LogP contribution in [0.3, 0.4) is 0 Å². The first kappa shape index (κ1) is 63.9. The molecule has 2 amide bonds. The molecule has 0 aliphatic carbocycles. The number of hydrogen-bond donors (Lipinski definition) is 0. The number of hydrogen-bond acceptors (Lipinski definition) is 8. The number of carbonyl (C=O) groups is 2. The molecule has 0 atom stereocenters. The van der Waals surface area contributed by atoms with Crippen molar-refractivity contribution in [1.29, 1.82) is 0 Å². The molecule has 12 heteroatoms.